The molecule has 0 saturated heterocycles. The van der Waals surface area contributed by atoms with Gasteiger partial charge in [-0.1, -0.05) is 34.7 Å². The maximum atomic E-state index is 10.7. The van der Waals surface area contributed by atoms with Gasteiger partial charge < -0.3 is 10.4 Å². The Morgan fingerprint density at radius 2 is 1.05 bits per heavy atom. The van der Waals surface area contributed by atoms with Gasteiger partial charge in [0.2, 0.25) is 0 Å². The fourth-order valence-corrected chi connectivity index (χ4v) is 1.69. The van der Waals surface area contributed by atoms with E-state index in [1.54, 1.807) is 36.4 Å². The van der Waals surface area contributed by atoms with Crippen molar-refractivity contribution in [2.75, 3.05) is 0 Å². The summed E-state index contributed by atoms with van der Waals surface area (Å²) in [5.74, 6) is 0. The standard InChI is InChI=1S/2C6H4N3O.Ca/c2*10-9-6-4-2-1-3-5(6)7-8-9;/h2*1-4H;/q2*-1;+2. The number of nitrogens with zero attached hydrogens (tertiary/aromatic N) is 6. The van der Waals surface area contributed by atoms with Crippen molar-refractivity contribution < 1.29 is 0 Å². The molecule has 0 fully saturated rings. The summed E-state index contributed by atoms with van der Waals surface area (Å²) in [6.07, 6.45) is 0. The van der Waals surface area contributed by atoms with Gasteiger partial charge in [0.15, 0.2) is 0 Å². The first-order chi connectivity index (χ1) is 9.75. The molecule has 2 aromatic heterocycles. The minimum absolute atomic E-state index is 0. The van der Waals surface area contributed by atoms with Gasteiger partial charge in [-0.05, 0) is 24.3 Å². The van der Waals surface area contributed by atoms with Crippen LogP contribution in [0.1, 0.15) is 0 Å². The molecule has 0 unspecified atom stereocenters. The largest absolute Gasteiger partial charge is 2.00 e. The molecule has 0 saturated carbocycles. The number of hydrogen-bond acceptors (Lipinski definition) is 6. The summed E-state index contributed by atoms with van der Waals surface area (Å²) in [5, 5.41) is 35.3. The Kier molecular flexibility index (Phi) is 4.94. The molecule has 0 aliphatic carbocycles. The smallest absolute Gasteiger partial charge is 0.789 e. The van der Waals surface area contributed by atoms with Gasteiger partial charge in [-0.25, -0.2) is 0 Å². The van der Waals surface area contributed by atoms with Crippen LogP contribution in [-0.4, -0.2) is 68.1 Å². The van der Waals surface area contributed by atoms with Crippen LogP contribution in [-0.2, 0) is 0 Å². The summed E-state index contributed by atoms with van der Waals surface area (Å²) in [6, 6.07) is 14.0. The second-order valence-corrected chi connectivity index (χ2v) is 3.90. The van der Waals surface area contributed by atoms with E-state index in [0.717, 1.165) is 0 Å². The summed E-state index contributed by atoms with van der Waals surface area (Å²) in [5.41, 5.74) is 2.31. The molecule has 2 aromatic carbocycles. The third-order valence-corrected chi connectivity index (χ3v) is 2.64. The molecule has 0 aliphatic heterocycles. The topological polar surface area (TPSA) is 108 Å². The van der Waals surface area contributed by atoms with Gasteiger partial charge >= 0.3 is 37.7 Å². The Bertz CT molecular complexity index is 787. The number of rotatable bonds is 0. The molecule has 100 valence electrons. The van der Waals surface area contributed by atoms with Crippen LogP contribution in [0, 0.1) is 10.4 Å². The molecule has 2 heterocycles. The Hall–Kier alpha value is -1.90. The van der Waals surface area contributed by atoms with Crippen LogP contribution < -0.4 is 0 Å². The third-order valence-electron chi connectivity index (χ3n) is 2.64. The molecule has 0 radical (unpaired) electrons. The summed E-state index contributed by atoms with van der Waals surface area (Å²) in [6.45, 7) is 0. The van der Waals surface area contributed by atoms with E-state index < -0.39 is 0 Å². The van der Waals surface area contributed by atoms with Crippen LogP contribution >= 0.6 is 0 Å². The summed E-state index contributed by atoms with van der Waals surface area (Å²) in [4.78, 5) is 1.02. The molecule has 4 rings (SSSR count). The number of para-hydroxylation sites is 2. The molecule has 9 heteroatoms. The zero-order valence-corrected chi connectivity index (χ0v) is 13.0. The molecular formula is C12H8CaN6O2. The molecule has 4 aromatic rings. The molecule has 0 amide bonds. The van der Waals surface area contributed by atoms with Crippen molar-refractivity contribution in [3.63, 3.8) is 0 Å². The van der Waals surface area contributed by atoms with Gasteiger partial charge in [-0.3, -0.25) is 9.69 Å². The van der Waals surface area contributed by atoms with Crippen LogP contribution in [0.15, 0.2) is 48.5 Å². The molecule has 0 atom stereocenters. The zero-order valence-electron chi connectivity index (χ0n) is 10.8. The normalized spacial score (nSPS) is 9.90. The van der Waals surface area contributed by atoms with E-state index in [1.165, 1.54) is 0 Å². The second kappa shape index (κ2) is 6.70. The Labute approximate surface area is 148 Å². The average Bonchev–Trinajstić information content (AvgIpc) is 3.05. The maximum absolute atomic E-state index is 10.7. The van der Waals surface area contributed by atoms with Gasteiger partial charge in [-0.2, -0.15) is 0 Å². The first-order valence-electron chi connectivity index (χ1n) is 5.71. The fraction of sp³-hybridized carbons (Fsp3) is 0. The first kappa shape index (κ1) is 15.5. The van der Waals surface area contributed by atoms with Crippen LogP contribution in [0.2, 0.25) is 0 Å². The minimum atomic E-state index is 0. The predicted octanol–water partition coefficient (Wildman–Crippen LogP) is 1.17. The van der Waals surface area contributed by atoms with Crippen molar-refractivity contribution in [2.24, 2.45) is 0 Å². The Balaban J connectivity index is 0.000000147. The fourth-order valence-electron chi connectivity index (χ4n) is 1.69. The summed E-state index contributed by atoms with van der Waals surface area (Å²) < 4.78 is 0. The van der Waals surface area contributed by atoms with Crippen LogP contribution in [0.25, 0.3) is 22.1 Å². The molecule has 0 spiro atoms. The van der Waals surface area contributed by atoms with E-state index in [-0.39, 0.29) is 37.7 Å². The van der Waals surface area contributed by atoms with E-state index >= 15 is 0 Å². The van der Waals surface area contributed by atoms with Crippen LogP contribution in [0.5, 0.6) is 0 Å². The van der Waals surface area contributed by atoms with Crippen molar-refractivity contribution >= 4 is 59.8 Å². The van der Waals surface area contributed by atoms with E-state index in [0.29, 0.717) is 31.8 Å². The first-order valence-corrected chi connectivity index (χ1v) is 5.71. The van der Waals surface area contributed by atoms with E-state index in [2.05, 4.69) is 20.6 Å². The number of hydrogen-bond donors (Lipinski definition) is 0. The number of benzene rings is 2. The molecule has 0 N–H and O–H groups in total. The van der Waals surface area contributed by atoms with E-state index in [9.17, 15) is 10.4 Å². The number of fused-ring (bicyclic) bond motifs is 2. The SMILES string of the molecule is [Ca+2].[O-]n1nnc2ccccc21.[O-]n1nnc2ccccc21. The zero-order chi connectivity index (χ0) is 13.9. The monoisotopic (exact) mass is 308 g/mol. The van der Waals surface area contributed by atoms with Crippen molar-refractivity contribution in [2.45, 2.75) is 0 Å². The minimum Gasteiger partial charge on any atom is -0.789 e. The summed E-state index contributed by atoms with van der Waals surface area (Å²) >= 11 is 0. The average molecular weight is 308 g/mol. The van der Waals surface area contributed by atoms with Crippen molar-refractivity contribution in [1.82, 2.24) is 30.3 Å². The van der Waals surface area contributed by atoms with Gasteiger partial charge in [0, 0.05) is 0 Å². The van der Waals surface area contributed by atoms with E-state index in [4.69, 9.17) is 0 Å². The van der Waals surface area contributed by atoms with Crippen LogP contribution in [0.3, 0.4) is 0 Å². The van der Waals surface area contributed by atoms with Gasteiger partial charge in [-0.15, -0.1) is 10.2 Å². The third kappa shape index (κ3) is 3.23. The molecular weight excluding hydrogens is 300 g/mol. The predicted molar refractivity (Wildman–Crippen MR) is 78.3 cm³/mol. The number of aromatic nitrogens is 6. The molecule has 8 nitrogen and oxygen atoms in total. The Morgan fingerprint density at radius 3 is 1.43 bits per heavy atom. The van der Waals surface area contributed by atoms with Gasteiger partial charge in [0.05, 0.1) is 11.0 Å². The van der Waals surface area contributed by atoms with Crippen LogP contribution in [0.4, 0.5) is 0 Å². The Morgan fingerprint density at radius 1 is 0.667 bits per heavy atom. The van der Waals surface area contributed by atoms with E-state index in [1.807, 2.05) is 12.1 Å². The maximum Gasteiger partial charge on any atom is 2.00 e. The second-order valence-electron chi connectivity index (χ2n) is 3.90. The van der Waals surface area contributed by atoms with Crippen molar-refractivity contribution in [3.8, 4) is 0 Å². The molecule has 21 heavy (non-hydrogen) atoms. The van der Waals surface area contributed by atoms with Crippen molar-refractivity contribution in [1.29, 1.82) is 0 Å². The van der Waals surface area contributed by atoms with Gasteiger partial charge in [0.25, 0.3) is 0 Å². The summed E-state index contributed by atoms with van der Waals surface area (Å²) in [7, 11) is 0. The molecule has 0 bridgehead atoms. The van der Waals surface area contributed by atoms with Gasteiger partial charge in [0.1, 0.15) is 11.0 Å². The quantitative estimate of drug-likeness (QED) is 0.451. The van der Waals surface area contributed by atoms with Crippen molar-refractivity contribution in [3.05, 3.63) is 58.9 Å². The molecule has 0 aliphatic rings.